The zero-order chi connectivity index (χ0) is 14.5. The Morgan fingerprint density at radius 1 is 1.24 bits per heavy atom. The van der Waals surface area contributed by atoms with E-state index < -0.39 is 6.09 Å². The fraction of sp³-hybridized carbons (Fsp3) is 0.800. The van der Waals surface area contributed by atoms with Crippen LogP contribution in [0.2, 0.25) is 0 Å². The number of nitrogens with one attached hydrogen (secondary N) is 1. The molecule has 1 heterocycles. The minimum atomic E-state index is -0.919. The highest BCUT2D eigenvalue weighted by Gasteiger charge is 2.52. The van der Waals surface area contributed by atoms with Gasteiger partial charge in [0, 0.05) is 17.9 Å². The summed E-state index contributed by atoms with van der Waals surface area (Å²) < 4.78 is 5.58. The van der Waals surface area contributed by atoms with Crippen molar-refractivity contribution in [2.24, 2.45) is 5.41 Å². The van der Waals surface area contributed by atoms with Gasteiger partial charge in [0.15, 0.2) is 5.82 Å². The molecule has 0 unspecified atom stereocenters. The van der Waals surface area contributed by atoms with Gasteiger partial charge in [-0.2, -0.15) is 4.98 Å². The van der Waals surface area contributed by atoms with E-state index in [1.54, 1.807) is 0 Å². The number of aromatic nitrogens is 2. The van der Waals surface area contributed by atoms with Gasteiger partial charge in [-0.05, 0) is 56.8 Å². The lowest BCUT2D eigenvalue weighted by Gasteiger charge is -2.51. The lowest BCUT2D eigenvalue weighted by atomic mass is 9.53. The minimum absolute atomic E-state index is 0.0606. The van der Waals surface area contributed by atoms with Gasteiger partial charge in [0.1, 0.15) is 0 Å². The molecule has 0 spiro atoms. The van der Waals surface area contributed by atoms with Crippen LogP contribution in [0, 0.1) is 5.41 Å². The van der Waals surface area contributed by atoms with Gasteiger partial charge < -0.3 is 14.9 Å². The van der Waals surface area contributed by atoms with Crippen LogP contribution in [0.5, 0.6) is 0 Å². The molecular formula is C15H21N3O3. The van der Waals surface area contributed by atoms with E-state index in [0.717, 1.165) is 50.2 Å². The van der Waals surface area contributed by atoms with Crippen LogP contribution in [0.3, 0.4) is 0 Å². The summed E-state index contributed by atoms with van der Waals surface area (Å²) in [6, 6.07) is 0. The lowest BCUT2D eigenvalue weighted by Crippen LogP contribution is -2.49. The number of carbonyl (C=O) groups is 1. The molecule has 6 nitrogen and oxygen atoms in total. The average molecular weight is 291 g/mol. The molecule has 1 aromatic rings. The maximum atomic E-state index is 10.7. The van der Waals surface area contributed by atoms with Crippen molar-refractivity contribution in [2.45, 2.75) is 62.7 Å². The van der Waals surface area contributed by atoms with Crippen molar-refractivity contribution in [3.05, 3.63) is 11.7 Å². The molecule has 0 aliphatic heterocycles. The standard InChI is InChI=1S/C15H21N3O3/c19-13(20)16-9-14-3-6-15(7-4-14,8-5-14)12-17-11(18-21-12)10-1-2-10/h10,16H,1-9H2,(H,19,20). The highest BCUT2D eigenvalue weighted by atomic mass is 16.5. The Morgan fingerprint density at radius 2 is 1.90 bits per heavy atom. The molecule has 6 heteroatoms. The molecule has 5 rings (SSSR count). The Hall–Kier alpha value is -1.59. The minimum Gasteiger partial charge on any atom is -0.465 e. The summed E-state index contributed by atoms with van der Waals surface area (Å²) in [7, 11) is 0. The van der Waals surface area contributed by atoms with E-state index in [9.17, 15) is 4.79 Å². The first-order valence-electron chi connectivity index (χ1n) is 7.92. The van der Waals surface area contributed by atoms with Crippen LogP contribution < -0.4 is 5.32 Å². The van der Waals surface area contributed by atoms with Gasteiger partial charge in [-0.25, -0.2) is 4.79 Å². The number of nitrogens with zero attached hydrogens (tertiary/aromatic N) is 2. The second kappa shape index (κ2) is 4.45. The SMILES string of the molecule is O=C(O)NCC12CCC(c3nc(C4CC4)no3)(CC1)CC2. The fourth-order valence-electron chi connectivity index (χ4n) is 4.07. The molecule has 0 saturated heterocycles. The van der Waals surface area contributed by atoms with Crippen molar-refractivity contribution in [1.82, 2.24) is 15.5 Å². The third-order valence-corrected chi connectivity index (χ3v) is 5.85. The number of hydrogen-bond donors (Lipinski definition) is 2. The Bertz CT molecular complexity index is 540. The third kappa shape index (κ3) is 2.21. The number of carboxylic acid groups (broad SMARTS) is 1. The summed E-state index contributed by atoms with van der Waals surface area (Å²) >= 11 is 0. The smallest absolute Gasteiger partial charge is 0.404 e. The predicted octanol–water partition coefficient (Wildman–Crippen LogP) is 2.81. The Kier molecular flexibility index (Phi) is 2.78. The van der Waals surface area contributed by atoms with Crippen molar-refractivity contribution in [2.75, 3.05) is 6.54 Å². The van der Waals surface area contributed by atoms with Crippen LogP contribution in [0.25, 0.3) is 0 Å². The van der Waals surface area contributed by atoms with E-state index >= 15 is 0 Å². The molecule has 4 aliphatic rings. The molecule has 114 valence electrons. The van der Waals surface area contributed by atoms with Crippen LogP contribution in [0.15, 0.2) is 4.52 Å². The molecule has 4 aliphatic carbocycles. The maximum absolute atomic E-state index is 10.7. The molecule has 4 saturated carbocycles. The molecule has 0 radical (unpaired) electrons. The van der Waals surface area contributed by atoms with Crippen molar-refractivity contribution in [3.63, 3.8) is 0 Å². The third-order valence-electron chi connectivity index (χ3n) is 5.85. The van der Waals surface area contributed by atoms with E-state index in [1.165, 1.54) is 12.8 Å². The number of amides is 1. The topological polar surface area (TPSA) is 88.2 Å². The second-order valence-electron chi connectivity index (χ2n) is 7.17. The molecule has 21 heavy (non-hydrogen) atoms. The Morgan fingerprint density at radius 3 is 2.48 bits per heavy atom. The van der Waals surface area contributed by atoms with Gasteiger partial charge in [0.2, 0.25) is 5.89 Å². The Labute approximate surface area is 123 Å². The van der Waals surface area contributed by atoms with Crippen LogP contribution in [0.4, 0.5) is 4.79 Å². The summed E-state index contributed by atoms with van der Waals surface area (Å²) in [4.78, 5) is 15.4. The number of hydrogen-bond acceptors (Lipinski definition) is 4. The summed E-state index contributed by atoms with van der Waals surface area (Å²) in [5, 5.41) is 15.6. The molecule has 1 aromatic heterocycles. The summed E-state index contributed by atoms with van der Waals surface area (Å²) in [5.41, 5.74) is 0.213. The quantitative estimate of drug-likeness (QED) is 0.890. The van der Waals surface area contributed by atoms with E-state index in [0.29, 0.717) is 12.5 Å². The van der Waals surface area contributed by atoms with Crippen molar-refractivity contribution < 1.29 is 14.4 Å². The first-order chi connectivity index (χ1) is 10.1. The highest BCUT2D eigenvalue weighted by Crippen LogP contribution is 2.57. The number of rotatable bonds is 4. The van der Waals surface area contributed by atoms with Crippen LogP contribution in [0.1, 0.15) is 69.0 Å². The predicted molar refractivity (Wildman–Crippen MR) is 74.1 cm³/mol. The van der Waals surface area contributed by atoms with E-state index in [1.807, 2.05) is 0 Å². The molecule has 0 atom stereocenters. The zero-order valence-electron chi connectivity index (χ0n) is 12.1. The highest BCUT2D eigenvalue weighted by molar-refractivity contribution is 5.64. The summed E-state index contributed by atoms with van der Waals surface area (Å²) in [5.74, 6) is 2.27. The van der Waals surface area contributed by atoms with Gasteiger partial charge in [0.05, 0.1) is 0 Å². The molecule has 0 aromatic carbocycles. The molecule has 1 amide bonds. The number of fused-ring (bicyclic) bond motifs is 3. The van der Waals surface area contributed by atoms with Gasteiger partial charge >= 0.3 is 6.09 Å². The van der Waals surface area contributed by atoms with E-state index in [2.05, 4.69) is 15.5 Å². The zero-order valence-corrected chi connectivity index (χ0v) is 12.1. The van der Waals surface area contributed by atoms with Crippen molar-refractivity contribution in [1.29, 1.82) is 0 Å². The largest absolute Gasteiger partial charge is 0.465 e. The normalized spacial score (nSPS) is 34.9. The fourth-order valence-corrected chi connectivity index (χ4v) is 4.07. The van der Waals surface area contributed by atoms with Crippen LogP contribution >= 0.6 is 0 Å². The average Bonchev–Trinajstić information content (AvgIpc) is 3.24. The molecule has 2 N–H and O–H groups in total. The monoisotopic (exact) mass is 291 g/mol. The first kappa shape index (κ1) is 13.1. The van der Waals surface area contributed by atoms with Gasteiger partial charge in [-0.1, -0.05) is 5.16 Å². The van der Waals surface area contributed by atoms with Gasteiger partial charge in [-0.3, -0.25) is 0 Å². The Balaban J connectivity index is 1.48. The van der Waals surface area contributed by atoms with Gasteiger partial charge in [0.25, 0.3) is 0 Å². The molecule has 4 fully saturated rings. The van der Waals surface area contributed by atoms with Crippen molar-refractivity contribution in [3.8, 4) is 0 Å². The maximum Gasteiger partial charge on any atom is 0.404 e. The molecule has 2 bridgehead atoms. The summed E-state index contributed by atoms with van der Waals surface area (Å²) in [6.07, 6.45) is 7.74. The van der Waals surface area contributed by atoms with E-state index in [4.69, 9.17) is 9.63 Å². The summed E-state index contributed by atoms with van der Waals surface area (Å²) in [6.45, 7) is 0.579. The van der Waals surface area contributed by atoms with E-state index in [-0.39, 0.29) is 10.8 Å². The lowest BCUT2D eigenvalue weighted by molar-refractivity contribution is 0.0236. The van der Waals surface area contributed by atoms with Crippen LogP contribution in [-0.2, 0) is 5.41 Å². The van der Waals surface area contributed by atoms with Gasteiger partial charge in [-0.15, -0.1) is 0 Å². The van der Waals surface area contributed by atoms with Crippen molar-refractivity contribution >= 4 is 6.09 Å². The molecular weight excluding hydrogens is 270 g/mol. The first-order valence-corrected chi connectivity index (χ1v) is 7.92. The van der Waals surface area contributed by atoms with Crippen LogP contribution in [-0.4, -0.2) is 27.9 Å². The second-order valence-corrected chi connectivity index (χ2v) is 7.17.